The third kappa shape index (κ3) is 5.23. The maximum Gasteiger partial charge on any atom is 0.279 e. The average molecular weight is 357 g/mol. The Labute approximate surface area is 155 Å². The van der Waals surface area contributed by atoms with E-state index in [0.717, 1.165) is 33.2 Å². The van der Waals surface area contributed by atoms with Crippen molar-refractivity contribution >= 4 is 11.6 Å². The summed E-state index contributed by atoms with van der Waals surface area (Å²) in [6, 6.07) is 13.7. The molecule has 0 spiro atoms. The fourth-order valence-electron chi connectivity index (χ4n) is 2.97. The van der Waals surface area contributed by atoms with E-state index in [9.17, 15) is 4.79 Å². The van der Waals surface area contributed by atoms with Gasteiger partial charge in [0.1, 0.15) is 18.0 Å². The van der Waals surface area contributed by atoms with E-state index in [2.05, 4.69) is 25.2 Å². The fraction of sp³-hybridized carbons (Fsp3) is 0.381. The van der Waals surface area contributed by atoms with Gasteiger partial charge < -0.3 is 19.7 Å². The number of anilines is 1. The van der Waals surface area contributed by atoms with Gasteiger partial charge in [-0.2, -0.15) is 0 Å². The molecule has 0 saturated carbocycles. The highest BCUT2D eigenvalue weighted by atomic mass is 16.5. The maximum atomic E-state index is 12.5. The van der Waals surface area contributed by atoms with E-state index >= 15 is 0 Å². The second kappa shape index (κ2) is 9.25. The Morgan fingerprint density at radius 3 is 2.50 bits per heavy atom. The number of quaternary nitrogens is 1. The van der Waals surface area contributed by atoms with Crippen molar-refractivity contribution in [2.75, 3.05) is 33.1 Å². The molecule has 0 aliphatic carbocycles. The first-order chi connectivity index (χ1) is 12.4. The Kier molecular flexibility index (Phi) is 7.04. The average Bonchev–Trinajstić information content (AvgIpc) is 2.62. The van der Waals surface area contributed by atoms with E-state index in [1.807, 2.05) is 43.4 Å². The first-order valence-corrected chi connectivity index (χ1v) is 8.85. The lowest BCUT2D eigenvalue weighted by Crippen LogP contribution is -3.08. The molecule has 1 unspecified atom stereocenters. The van der Waals surface area contributed by atoms with Gasteiger partial charge in [0.05, 0.1) is 21.3 Å². The Balaban J connectivity index is 2.00. The molecule has 1 atom stereocenters. The molecular weight excluding hydrogens is 328 g/mol. The van der Waals surface area contributed by atoms with Gasteiger partial charge in [-0.1, -0.05) is 32.0 Å². The molecule has 5 heteroatoms. The molecular formula is C21H29N2O3+. The number of rotatable bonds is 8. The van der Waals surface area contributed by atoms with E-state index in [0.29, 0.717) is 19.0 Å². The summed E-state index contributed by atoms with van der Waals surface area (Å²) >= 11 is 0. The molecule has 0 bridgehead atoms. The highest BCUT2D eigenvalue weighted by molar-refractivity contribution is 5.92. The van der Waals surface area contributed by atoms with Crippen LogP contribution in [0.5, 0.6) is 11.5 Å². The molecule has 1 amide bonds. The number of ether oxygens (including phenoxy) is 2. The van der Waals surface area contributed by atoms with E-state index in [-0.39, 0.29) is 5.91 Å². The first kappa shape index (κ1) is 19.8. The van der Waals surface area contributed by atoms with Gasteiger partial charge in [0, 0.05) is 17.3 Å². The van der Waals surface area contributed by atoms with Crippen molar-refractivity contribution in [2.24, 2.45) is 0 Å². The second-order valence-corrected chi connectivity index (χ2v) is 6.78. The Morgan fingerprint density at radius 2 is 1.85 bits per heavy atom. The van der Waals surface area contributed by atoms with E-state index in [4.69, 9.17) is 9.47 Å². The van der Waals surface area contributed by atoms with Crippen LogP contribution in [0.25, 0.3) is 0 Å². The molecule has 0 fully saturated rings. The van der Waals surface area contributed by atoms with E-state index in [1.54, 1.807) is 14.2 Å². The lowest BCUT2D eigenvalue weighted by molar-refractivity contribution is -0.885. The van der Waals surface area contributed by atoms with E-state index in [1.165, 1.54) is 0 Å². The summed E-state index contributed by atoms with van der Waals surface area (Å²) in [6.45, 7) is 5.31. The highest BCUT2D eigenvalue weighted by Crippen LogP contribution is 2.24. The Bertz CT molecular complexity index is 744. The van der Waals surface area contributed by atoms with Crippen LogP contribution in [-0.4, -0.2) is 33.7 Å². The second-order valence-electron chi connectivity index (χ2n) is 6.78. The largest absolute Gasteiger partial charge is 0.497 e. The summed E-state index contributed by atoms with van der Waals surface area (Å²) in [5.74, 6) is 1.89. The molecule has 0 aliphatic rings. The number of nitrogens with one attached hydrogen (secondary N) is 2. The molecule has 0 aromatic heterocycles. The zero-order valence-electron chi connectivity index (χ0n) is 16.3. The summed E-state index contributed by atoms with van der Waals surface area (Å²) in [4.78, 5) is 13.5. The van der Waals surface area contributed by atoms with Crippen LogP contribution in [0.3, 0.4) is 0 Å². The third-order valence-corrected chi connectivity index (χ3v) is 4.31. The van der Waals surface area contributed by atoms with Gasteiger partial charge in [0.25, 0.3) is 5.91 Å². The van der Waals surface area contributed by atoms with Gasteiger partial charge in [0.15, 0.2) is 6.54 Å². The van der Waals surface area contributed by atoms with Gasteiger partial charge in [-0.3, -0.25) is 4.79 Å². The summed E-state index contributed by atoms with van der Waals surface area (Å²) < 4.78 is 10.7. The predicted molar refractivity (Wildman–Crippen MR) is 104 cm³/mol. The minimum Gasteiger partial charge on any atom is -0.497 e. The van der Waals surface area contributed by atoms with Crippen LogP contribution >= 0.6 is 0 Å². The molecule has 0 saturated heterocycles. The Morgan fingerprint density at radius 1 is 1.12 bits per heavy atom. The topological polar surface area (TPSA) is 52.0 Å². The lowest BCUT2D eigenvalue weighted by atomic mass is 10.0. The zero-order valence-corrected chi connectivity index (χ0v) is 16.3. The molecule has 0 heterocycles. The molecule has 2 aromatic carbocycles. The van der Waals surface area contributed by atoms with Crippen molar-refractivity contribution in [3.05, 3.63) is 53.6 Å². The van der Waals surface area contributed by atoms with Crippen LogP contribution < -0.4 is 19.7 Å². The number of carbonyl (C=O) groups is 1. The summed E-state index contributed by atoms with van der Waals surface area (Å²) in [5, 5.41) is 3.04. The molecule has 140 valence electrons. The lowest BCUT2D eigenvalue weighted by Gasteiger charge is -2.18. The van der Waals surface area contributed by atoms with Crippen LogP contribution in [0.4, 0.5) is 5.69 Å². The predicted octanol–water partition coefficient (Wildman–Crippen LogP) is 2.48. The Hall–Kier alpha value is -2.53. The van der Waals surface area contributed by atoms with Gasteiger partial charge in [0.2, 0.25) is 0 Å². The van der Waals surface area contributed by atoms with Crippen LogP contribution in [-0.2, 0) is 11.3 Å². The highest BCUT2D eigenvalue weighted by Gasteiger charge is 2.15. The zero-order chi connectivity index (χ0) is 19.1. The number of carbonyl (C=O) groups excluding carboxylic acids is 1. The van der Waals surface area contributed by atoms with Crippen molar-refractivity contribution in [3.8, 4) is 11.5 Å². The van der Waals surface area contributed by atoms with Gasteiger partial charge >= 0.3 is 0 Å². The number of hydrogen-bond acceptors (Lipinski definition) is 3. The SMILES string of the molecule is COc1ccc(C[NH+](C)CC(=O)Nc2ccccc2C(C)C)c(OC)c1. The molecule has 2 N–H and O–H groups in total. The van der Waals surface area contributed by atoms with Gasteiger partial charge in [-0.25, -0.2) is 0 Å². The van der Waals surface area contributed by atoms with Crippen molar-refractivity contribution in [1.82, 2.24) is 0 Å². The van der Waals surface area contributed by atoms with Crippen LogP contribution in [0.1, 0.15) is 30.9 Å². The fourth-order valence-corrected chi connectivity index (χ4v) is 2.97. The van der Waals surface area contributed by atoms with Crippen molar-refractivity contribution < 1.29 is 19.2 Å². The number of amides is 1. The van der Waals surface area contributed by atoms with E-state index < -0.39 is 0 Å². The quantitative estimate of drug-likeness (QED) is 0.763. The summed E-state index contributed by atoms with van der Waals surface area (Å²) in [5.41, 5.74) is 3.08. The minimum atomic E-state index is 0.00285. The minimum absolute atomic E-state index is 0.00285. The van der Waals surface area contributed by atoms with Crippen molar-refractivity contribution in [2.45, 2.75) is 26.3 Å². The molecule has 0 aliphatic heterocycles. The number of para-hydroxylation sites is 1. The molecule has 2 aromatic rings. The van der Waals surface area contributed by atoms with Crippen LogP contribution in [0.2, 0.25) is 0 Å². The van der Waals surface area contributed by atoms with Gasteiger partial charge in [-0.15, -0.1) is 0 Å². The number of methoxy groups -OCH3 is 2. The standard InChI is InChI=1S/C21H28N2O3/c1-15(2)18-8-6-7-9-19(18)22-21(24)14-23(3)13-16-10-11-17(25-4)12-20(16)26-5/h6-12,15H,13-14H2,1-5H3,(H,22,24)/p+1. The van der Waals surface area contributed by atoms with Crippen molar-refractivity contribution in [1.29, 1.82) is 0 Å². The number of hydrogen-bond donors (Lipinski definition) is 2. The molecule has 2 rings (SSSR count). The van der Waals surface area contributed by atoms with Gasteiger partial charge in [-0.05, 0) is 29.7 Å². The van der Waals surface area contributed by atoms with Crippen LogP contribution in [0, 0.1) is 0 Å². The first-order valence-electron chi connectivity index (χ1n) is 8.85. The molecule has 5 nitrogen and oxygen atoms in total. The summed E-state index contributed by atoms with van der Waals surface area (Å²) in [7, 11) is 5.27. The third-order valence-electron chi connectivity index (χ3n) is 4.31. The summed E-state index contributed by atoms with van der Waals surface area (Å²) in [6.07, 6.45) is 0. The normalized spacial score (nSPS) is 11.9. The molecule has 0 radical (unpaired) electrons. The number of benzene rings is 2. The van der Waals surface area contributed by atoms with Crippen molar-refractivity contribution in [3.63, 3.8) is 0 Å². The monoisotopic (exact) mass is 357 g/mol. The maximum absolute atomic E-state index is 12.5. The number of likely N-dealkylation sites (N-methyl/N-ethyl adjacent to an activating group) is 1. The molecule has 26 heavy (non-hydrogen) atoms. The van der Waals surface area contributed by atoms with Crippen LogP contribution in [0.15, 0.2) is 42.5 Å². The smallest absolute Gasteiger partial charge is 0.279 e.